The summed E-state index contributed by atoms with van der Waals surface area (Å²) in [6.45, 7) is 4.25. The molecule has 2 aliphatic rings. The highest BCUT2D eigenvalue weighted by Gasteiger charge is 2.46. The molecule has 0 bridgehead atoms. The number of Topliss-reactive ketones (excluding diaryl/α,β-unsaturated/α-hetero) is 2. The van der Waals surface area contributed by atoms with E-state index in [4.69, 9.17) is 4.74 Å². The lowest BCUT2D eigenvalue weighted by Gasteiger charge is -2.39. The second kappa shape index (κ2) is 8.17. The number of hydrogen-bond acceptors (Lipinski definition) is 4. The maximum atomic E-state index is 12.9. The SMILES string of the molecule is CCCCCC1OC2=C(C(=O)c3ccccc3C2=O)C(O)C1CCCC. The summed E-state index contributed by atoms with van der Waals surface area (Å²) in [7, 11) is 0. The van der Waals surface area contributed by atoms with Crippen LogP contribution in [0.3, 0.4) is 0 Å². The lowest BCUT2D eigenvalue weighted by molar-refractivity contribution is -0.0286. The van der Waals surface area contributed by atoms with Crippen LogP contribution in [0.2, 0.25) is 0 Å². The average Bonchev–Trinajstić information content (AvgIpc) is 2.65. The van der Waals surface area contributed by atoms with Crippen LogP contribution in [0.5, 0.6) is 0 Å². The van der Waals surface area contributed by atoms with Gasteiger partial charge < -0.3 is 9.84 Å². The predicted molar refractivity (Wildman–Crippen MR) is 100 cm³/mol. The van der Waals surface area contributed by atoms with Gasteiger partial charge in [0.1, 0.15) is 6.10 Å². The van der Waals surface area contributed by atoms with Crippen molar-refractivity contribution in [1.29, 1.82) is 0 Å². The Bertz CT molecular complexity index is 719. The largest absolute Gasteiger partial charge is 0.485 e. The first-order chi connectivity index (χ1) is 12.6. The summed E-state index contributed by atoms with van der Waals surface area (Å²) in [4.78, 5) is 25.8. The first kappa shape index (κ1) is 18.8. The van der Waals surface area contributed by atoms with E-state index in [1.54, 1.807) is 24.3 Å². The van der Waals surface area contributed by atoms with Crippen LogP contribution in [-0.2, 0) is 4.74 Å². The average molecular weight is 356 g/mol. The molecule has 0 aromatic heterocycles. The summed E-state index contributed by atoms with van der Waals surface area (Å²) in [6, 6.07) is 6.80. The van der Waals surface area contributed by atoms with Crippen LogP contribution in [0.4, 0.5) is 0 Å². The summed E-state index contributed by atoms with van der Waals surface area (Å²) >= 11 is 0. The van der Waals surface area contributed by atoms with Gasteiger partial charge in [-0.05, 0) is 19.3 Å². The summed E-state index contributed by atoms with van der Waals surface area (Å²) < 4.78 is 6.11. The number of fused-ring (bicyclic) bond motifs is 1. The number of hydrogen-bond donors (Lipinski definition) is 1. The van der Waals surface area contributed by atoms with E-state index in [1.807, 2.05) is 0 Å². The van der Waals surface area contributed by atoms with E-state index in [0.29, 0.717) is 11.1 Å². The third-order valence-electron chi connectivity index (χ3n) is 5.54. The molecule has 3 rings (SSSR count). The van der Waals surface area contributed by atoms with Gasteiger partial charge in [-0.3, -0.25) is 9.59 Å². The molecule has 1 aromatic rings. The Morgan fingerprint density at radius 2 is 1.58 bits per heavy atom. The molecule has 0 spiro atoms. The standard InChI is InChI=1S/C22H28O4/c1-3-5-7-13-17-16(10-6-4-2)20(24)18-19(23)14-11-8-9-12-15(14)21(25)22(18)26-17/h8-9,11-12,16-17,20,24H,3-7,10,13H2,1-2H3. The van der Waals surface area contributed by atoms with Gasteiger partial charge in [-0.25, -0.2) is 0 Å². The molecular formula is C22H28O4. The number of ether oxygens (including phenoxy) is 1. The first-order valence-corrected chi connectivity index (χ1v) is 9.87. The van der Waals surface area contributed by atoms with Crippen LogP contribution in [-0.4, -0.2) is 28.9 Å². The quantitative estimate of drug-likeness (QED) is 0.732. The lowest BCUT2D eigenvalue weighted by Crippen LogP contribution is -2.45. The van der Waals surface area contributed by atoms with Crippen LogP contribution < -0.4 is 0 Å². The number of rotatable bonds is 7. The van der Waals surface area contributed by atoms with Crippen molar-refractivity contribution < 1.29 is 19.4 Å². The fourth-order valence-electron chi connectivity index (χ4n) is 4.07. The van der Waals surface area contributed by atoms with Gasteiger partial charge in [-0.1, -0.05) is 63.8 Å². The molecule has 1 heterocycles. The molecule has 0 fully saturated rings. The summed E-state index contributed by atoms with van der Waals surface area (Å²) in [5.41, 5.74) is 0.918. The molecule has 1 aromatic carbocycles. The van der Waals surface area contributed by atoms with Gasteiger partial charge >= 0.3 is 0 Å². The number of aliphatic hydroxyl groups is 1. The molecule has 1 aliphatic carbocycles. The molecule has 4 nitrogen and oxygen atoms in total. The maximum Gasteiger partial charge on any atom is 0.228 e. The zero-order valence-corrected chi connectivity index (χ0v) is 15.7. The lowest BCUT2D eigenvalue weighted by atomic mass is 9.76. The summed E-state index contributed by atoms with van der Waals surface area (Å²) in [5.74, 6) is -0.595. The Morgan fingerprint density at radius 3 is 2.23 bits per heavy atom. The molecule has 140 valence electrons. The van der Waals surface area contributed by atoms with Gasteiger partial charge in [0.05, 0.1) is 11.7 Å². The highest BCUT2D eigenvalue weighted by atomic mass is 16.5. The number of allylic oxidation sites excluding steroid dienone is 1. The van der Waals surface area contributed by atoms with Crippen molar-refractivity contribution in [3.63, 3.8) is 0 Å². The van der Waals surface area contributed by atoms with Gasteiger partial charge in [0.15, 0.2) is 11.5 Å². The molecule has 0 saturated heterocycles. The highest BCUT2D eigenvalue weighted by Crippen LogP contribution is 2.40. The molecule has 3 unspecified atom stereocenters. The van der Waals surface area contributed by atoms with Gasteiger partial charge in [0.25, 0.3) is 0 Å². The fraction of sp³-hybridized carbons (Fsp3) is 0.545. The van der Waals surface area contributed by atoms with Crippen molar-refractivity contribution in [3.05, 3.63) is 46.7 Å². The molecule has 0 radical (unpaired) electrons. The van der Waals surface area contributed by atoms with Crippen LogP contribution in [0.15, 0.2) is 35.6 Å². The van der Waals surface area contributed by atoms with Gasteiger partial charge in [-0.2, -0.15) is 0 Å². The number of aliphatic hydroxyl groups excluding tert-OH is 1. The second-order valence-electron chi connectivity index (χ2n) is 7.35. The molecule has 0 amide bonds. The Labute approximate surface area is 155 Å². The molecule has 26 heavy (non-hydrogen) atoms. The molecule has 4 heteroatoms. The van der Waals surface area contributed by atoms with E-state index >= 15 is 0 Å². The molecular weight excluding hydrogens is 328 g/mol. The Morgan fingerprint density at radius 1 is 0.923 bits per heavy atom. The number of carbonyl (C=O) groups excluding carboxylic acids is 2. The van der Waals surface area contributed by atoms with E-state index in [9.17, 15) is 14.7 Å². The Balaban J connectivity index is 1.95. The normalized spacial score (nSPS) is 25.0. The van der Waals surface area contributed by atoms with E-state index < -0.39 is 6.10 Å². The zero-order valence-electron chi connectivity index (χ0n) is 15.7. The highest BCUT2D eigenvalue weighted by molar-refractivity contribution is 6.26. The summed E-state index contributed by atoms with van der Waals surface area (Å²) in [5, 5.41) is 11.0. The van der Waals surface area contributed by atoms with E-state index in [-0.39, 0.29) is 34.9 Å². The third kappa shape index (κ3) is 3.35. The number of ketones is 2. The minimum Gasteiger partial charge on any atom is -0.485 e. The van der Waals surface area contributed by atoms with Crippen LogP contribution >= 0.6 is 0 Å². The number of unbranched alkanes of at least 4 members (excludes halogenated alkanes) is 3. The van der Waals surface area contributed by atoms with Gasteiger partial charge in [-0.15, -0.1) is 0 Å². The van der Waals surface area contributed by atoms with Crippen molar-refractivity contribution in [2.75, 3.05) is 0 Å². The summed E-state index contributed by atoms with van der Waals surface area (Å²) in [6.07, 6.45) is 5.66. The number of carbonyl (C=O) groups is 2. The van der Waals surface area contributed by atoms with Crippen molar-refractivity contribution in [3.8, 4) is 0 Å². The predicted octanol–water partition coefficient (Wildman–Crippen LogP) is 4.47. The monoisotopic (exact) mass is 356 g/mol. The smallest absolute Gasteiger partial charge is 0.228 e. The second-order valence-corrected chi connectivity index (χ2v) is 7.35. The van der Waals surface area contributed by atoms with Crippen LogP contribution in [0.1, 0.15) is 79.5 Å². The van der Waals surface area contributed by atoms with Crippen molar-refractivity contribution in [1.82, 2.24) is 0 Å². The van der Waals surface area contributed by atoms with E-state index in [2.05, 4.69) is 13.8 Å². The first-order valence-electron chi connectivity index (χ1n) is 9.87. The topological polar surface area (TPSA) is 63.6 Å². The van der Waals surface area contributed by atoms with Crippen LogP contribution in [0, 0.1) is 5.92 Å². The van der Waals surface area contributed by atoms with Crippen LogP contribution in [0.25, 0.3) is 0 Å². The van der Waals surface area contributed by atoms with Gasteiger partial charge in [0.2, 0.25) is 5.78 Å². The Kier molecular flexibility index (Phi) is 5.92. The molecule has 0 saturated carbocycles. The van der Waals surface area contributed by atoms with Gasteiger partial charge in [0, 0.05) is 17.0 Å². The van der Waals surface area contributed by atoms with Crippen molar-refractivity contribution in [2.45, 2.75) is 71.0 Å². The molecule has 1 N–H and O–H groups in total. The zero-order chi connectivity index (χ0) is 18.7. The van der Waals surface area contributed by atoms with E-state index in [0.717, 1.165) is 44.9 Å². The molecule has 3 atom stereocenters. The maximum absolute atomic E-state index is 12.9. The van der Waals surface area contributed by atoms with Crippen molar-refractivity contribution >= 4 is 11.6 Å². The molecule has 1 aliphatic heterocycles. The minimum atomic E-state index is -0.929. The Hall–Kier alpha value is -1.94. The van der Waals surface area contributed by atoms with E-state index in [1.165, 1.54) is 0 Å². The fourth-order valence-corrected chi connectivity index (χ4v) is 4.07. The van der Waals surface area contributed by atoms with Crippen molar-refractivity contribution in [2.24, 2.45) is 5.92 Å². The minimum absolute atomic E-state index is 0.0791. The number of benzene rings is 1. The third-order valence-corrected chi connectivity index (χ3v) is 5.54.